The summed E-state index contributed by atoms with van der Waals surface area (Å²) in [6.45, 7) is 12.2. The smallest absolute Gasteiger partial charge is 0.213 e. The monoisotopic (exact) mass is 251 g/mol. The molecule has 18 heavy (non-hydrogen) atoms. The third-order valence-corrected chi connectivity index (χ3v) is 3.05. The Hall–Kier alpha value is -1.06. The van der Waals surface area contributed by atoms with Gasteiger partial charge < -0.3 is 14.8 Å². The molecule has 2 rings (SSSR count). The van der Waals surface area contributed by atoms with E-state index in [-0.39, 0.29) is 0 Å². The highest BCUT2D eigenvalue weighted by atomic mass is 16.7. The number of ether oxygens (including phenoxy) is 2. The van der Waals surface area contributed by atoms with E-state index in [9.17, 15) is 0 Å². The van der Waals surface area contributed by atoms with Gasteiger partial charge in [-0.1, -0.05) is 32.6 Å². The Bertz CT molecular complexity index is 325. The van der Waals surface area contributed by atoms with Crippen molar-refractivity contribution in [2.45, 2.75) is 39.4 Å². The first-order valence-corrected chi connectivity index (χ1v) is 6.82. The van der Waals surface area contributed by atoms with Gasteiger partial charge in [-0.3, -0.25) is 0 Å². The maximum Gasteiger partial charge on any atom is 0.213 e. The van der Waals surface area contributed by atoms with Gasteiger partial charge in [0.2, 0.25) is 5.79 Å². The SMILES string of the molecule is C=C/C=C1/COC2(CCNCC2)O/C1=C/C.CC. The van der Waals surface area contributed by atoms with Crippen LogP contribution in [0, 0.1) is 0 Å². The Morgan fingerprint density at radius 2 is 1.94 bits per heavy atom. The molecular weight excluding hydrogens is 226 g/mol. The molecule has 2 saturated heterocycles. The van der Waals surface area contributed by atoms with E-state index in [1.165, 1.54) is 0 Å². The van der Waals surface area contributed by atoms with Crippen LogP contribution in [0.1, 0.15) is 33.6 Å². The highest BCUT2D eigenvalue weighted by molar-refractivity contribution is 5.31. The van der Waals surface area contributed by atoms with Gasteiger partial charge in [-0.2, -0.15) is 0 Å². The Balaban J connectivity index is 0.000000771. The third-order valence-electron chi connectivity index (χ3n) is 3.05. The van der Waals surface area contributed by atoms with Gasteiger partial charge >= 0.3 is 0 Å². The summed E-state index contributed by atoms with van der Waals surface area (Å²) in [6, 6.07) is 0. The lowest BCUT2D eigenvalue weighted by atomic mass is 10.0. The molecular formula is C15H25NO2. The summed E-state index contributed by atoms with van der Waals surface area (Å²) < 4.78 is 11.9. The van der Waals surface area contributed by atoms with Crippen molar-refractivity contribution in [3.05, 3.63) is 36.1 Å². The summed E-state index contributed by atoms with van der Waals surface area (Å²) in [7, 11) is 0. The molecule has 102 valence electrons. The molecule has 0 aromatic heterocycles. The summed E-state index contributed by atoms with van der Waals surface area (Å²) in [6.07, 6.45) is 7.54. The molecule has 0 amide bonds. The predicted molar refractivity (Wildman–Crippen MR) is 75.3 cm³/mol. The Morgan fingerprint density at radius 1 is 1.28 bits per heavy atom. The summed E-state index contributed by atoms with van der Waals surface area (Å²) in [4.78, 5) is 0. The lowest BCUT2D eigenvalue weighted by Gasteiger charge is -2.42. The fourth-order valence-corrected chi connectivity index (χ4v) is 2.15. The van der Waals surface area contributed by atoms with Gasteiger partial charge in [0.05, 0.1) is 6.61 Å². The van der Waals surface area contributed by atoms with Crippen molar-refractivity contribution in [3.63, 3.8) is 0 Å². The molecule has 0 unspecified atom stereocenters. The maximum atomic E-state index is 6.01. The fraction of sp³-hybridized carbons (Fsp3) is 0.600. The average Bonchev–Trinajstić information content (AvgIpc) is 2.44. The number of piperidine rings is 1. The molecule has 2 aliphatic rings. The van der Waals surface area contributed by atoms with E-state index >= 15 is 0 Å². The van der Waals surface area contributed by atoms with Crippen LogP contribution in [-0.2, 0) is 9.47 Å². The van der Waals surface area contributed by atoms with E-state index in [0.29, 0.717) is 6.61 Å². The van der Waals surface area contributed by atoms with Crippen molar-refractivity contribution in [2.75, 3.05) is 19.7 Å². The van der Waals surface area contributed by atoms with Crippen LogP contribution in [-0.4, -0.2) is 25.5 Å². The fourth-order valence-electron chi connectivity index (χ4n) is 2.15. The van der Waals surface area contributed by atoms with Gasteiger partial charge in [0, 0.05) is 31.5 Å². The van der Waals surface area contributed by atoms with Crippen LogP contribution < -0.4 is 5.32 Å². The predicted octanol–water partition coefficient (Wildman–Crippen LogP) is 3.16. The normalized spacial score (nSPS) is 26.4. The highest BCUT2D eigenvalue weighted by Gasteiger charge is 2.39. The Labute approximate surface area is 111 Å². The van der Waals surface area contributed by atoms with E-state index in [4.69, 9.17) is 9.47 Å². The molecule has 0 bridgehead atoms. The molecule has 1 spiro atoms. The van der Waals surface area contributed by atoms with Crippen molar-refractivity contribution in [1.82, 2.24) is 5.32 Å². The Kier molecular flexibility index (Phi) is 6.16. The van der Waals surface area contributed by atoms with Gasteiger partial charge in [0.1, 0.15) is 5.76 Å². The molecule has 0 aromatic rings. The molecule has 3 heteroatoms. The summed E-state index contributed by atoms with van der Waals surface area (Å²) in [5, 5.41) is 3.32. The van der Waals surface area contributed by atoms with Crippen molar-refractivity contribution in [3.8, 4) is 0 Å². The first-order chi connectivity index (χ1) is 8.79. The van der Waals surface area contributed by atoms with E-state index in [1.54, 1.807) is 6.08 Å². The van der Waals surface area contributed by atoms with Crippen molar-refractivity contribution in [1.29, 1.82) is 0 Å². The number of allylic oxidation sites excluding steroid dienone is 3. The number of nitrogens with one attached hydrogen (secondary N) is 1. The van der Waals surface area contributed by atoms with E-state index in [0.717, 1.165) is 37.3 Å². The zero-order valence-corrected chi connectivity index (χ0v) is 11.8. The van der Waals surface area contributed by atoms with Crippen molar-refractivity contribution < 1.29 is 9.47 Å². The molecule has 0 aliphatic carbocycles. The van der Waals surface area contributed by atoms with Crippen LogP contribution in [0.25, 0.3) is 0 Å². The van der Waals surface area contributed by atoms with Crippen LogP contribution >= 0.6 is 0 Å². The van der Waals surface area contributed by atoms with Gasteiger partial charge in [-0.05, 0) is 13.0 Å². The molecule has 2 fully saturated rings. The number of hydrogen-bond acceptors (Lipinski definition) is 3. The van der Waals surface area contributed by atoms with E-state index < -0.39 is 5.79 Å². The van der Waals surface area contributed by atoms with E-state index in [1.807, 2.05) is 32.9 Å². The molecule has 0 saturated carbocycles. The zero-order valence-electron chi connectivity index (χ0n) is 11.8. The lowest BCUT2D eigenvalue weighted by molar-refractivity contribution is -0.238. The minimum absolute atomic E-state index is 0.397. The van der Waals surface area contributed by atoms with Gasteiger partial charge in [0.25, 0.3) is 0 Å². The molecule has 3 nitrogen and oxygen atoms in total. The summed E-state index contributed by atoms with van der Waals surface area (Å²) in [5.41, 5.74) is 1.07. The first kappa shape index (κ1) is 15.0. The van der Waals surface area contributed by atoms with E-state index in [2.05, 4.69) is 11.9 Å². The quantitative estimate of drug-likeness (QED) is 0.776. The maximum absolute atomic E-state index is 6.01. The highest BCUT2D eigenvalue weighted by Crippen LogP contribution is 2.35. The van der Waals surface area contributed by atoms with Gasteiger partial charge in [0.15, 0.2) is 0 Å². The van der Waals surface area contributed by atoms with Crippen LogP contribution in [0.15, 0.2) is 36.1 Å². The standard InChI is InChI=1S/C13H19NO2.C2H6/c1-3-5-11-10-15-13(16-12(11)4-2)6-8-14-9-7-13;1-2/h3-5,14H,1,6-10H2,2H3;1-2H3/b11-5-,12-4+;. The van der Waals surface area contributed by atoms with Crippen LogP contribution in [0.3, 0.4) is 0 Å². The Morgan fingerprint density at radius 3 is 2.50 bits per heavy atom. The van der Waals surface area contributed by atoms with Crippen LogP contribution in [0.5, 0.6) is 0 Å². The molecule has 1 N–H and O–H groups in total. The molecule has 2 heterocycles. The second-order valence-corrected chi connectivity index (χ2v) is 4.13. The minimum Gasteiger partial charge on any atom is -0.462 e. The van der Waals surface area contributed by atoms with Crippen LogP contribution in [0.2, 0.25) is 0 Å². The zero-order chi connectivity index (χ0) is 13.4. The van der Waals surface area contributed by atoms with Crippen molar-refractivity contribution in [2.24, 2.45) is 0 Å². The first-order valence-electron chi connectivity index (χ1n) is 6.82. The second kappa shape index (κ2) is 7.39. The van der Waals surface area contributed by atoms with Crippen LogP contribution in [0.4, 0.5) is 0 Å². The second-order valence-electron chi connectivity index (χ2n) is 4.13. The topological polar surface area (TPSA) is 30.5 Å². The molecule has 0 radical (unpaired) electrons. The molecule has 0 atom stereocenters. The third kappa shape index (κ3) is 3.47. The minimum atomic E-state index is -0.397. The van der Waals surface area contributed by atoms with Gasteiger partial charge in [-0.25, -0.2) is 0 Å². The average molecular weight is 251 g/mol. The van der Waals surface area contributed by atoms with Gasteiger partial charge in [-0.15, -0.1) is 0 Å². The molecule has 2 aliphatic heterocycles. The largest absolute Gasteiger partial charge is 0.462 e. The lowest BCUT2D eigenvalue weighted by Crippen LogP contribution is -2.48. The summed E-state index contributed by atoms with van der Waals surface area (Å²) >= 11 is 0. The number of hydrogen-bond donors (Lipinski definition) is 1. The van der Waals surface area contributed by atoms with Crippen molar-refractivity contribution >= 4 is 0 Å². The summed E-state index contributed by atoms with van der Waals surface area (Å²) in [5.74, 6) is 0.541. The number of rotatable bonds is 1. The molecule has 0 aromatic carbocycles.